The molecule has 1 saturated heterocycles. The molecule has 1 aromatic carbocycles. The number of carbonyl (C=O) groups is 3. The van der Waals surface area contributed by atoms with Crippen molar-refractivity contribution < 1.29 is 24.3 Å². The van der Waals surface area contributed by atoms with Crippen molar-refractivity contribution in [2.75, 3.05) is 12.8 Å². The number of nitrogens with zero attached hydrogens (tertiary/aromatic N) is 4. The Labute approximate surface area is 212 Å². The highest BCUT2D eigenvalue weighted by Crippen LogP contribution is 2.50. The summed E-state index contributed by atoms with van der Waals surface area (Å²) in [5.74, 6) is -2.56. The van der Waals surface area contributed by atoms with Gasteiger partial charge in [-0.2, -0.15) is 0 Å². The number of allylic oxidation sites excluding steroid dienone is 1. The number of hydrogen-bond donors (Lipinski definition) is 3. The van der Waals surface area contributed by atoms with Crippen molar-refractivity contribution in [2.45, 2.75) is 24.4 Å². The lowest BCUT2D eigenvalue weighted by molar-refractivity contribution is -0.166. The highest BCUT2D eigenvalue weighted by molar-refractivity contribution is 7.13. The molecule has 36 heavy (non-hydrogen) atoms. The number of fused-ring (bicyclic) bond motifs is 1. The molecule has 2 aliphatic rings. The number of β-lactam (4-membered cyclic amide) rings is 1. The van der Waals surface area contributed by atoms with Crippen LogP contribution in [0.3, 0.4) is 0 Å². The molecule has 4 heterocycles. The number of anilines is 1. The first-order chi connectivity index (χ1) is 17.4. The van der Waals surface area contributed by atoms with Crippen molar-refractivity contribution in [3.8, 4) is 10.6 Å². The molecule has 13 heteroatoms. The van der Waals surface area contributed by atoms with Crippen molar-refractivity contribution >= 4 is 57.4 Å². The van der Waals surface area contributed by atoms with Crippen molar-refractivity contribution in [1.82, 2.24) is 20.2 Å². The monoisotopic (exact) mass is 524 g/mol. The van der Waals surface area contributed by atoms with Gasteiger partial charge in [0, 0.05) is 21.9 Å². The number of carboxylic acid groups (broad SMARTS) is 1. The summed E-state index contributed by atoms with van der Waals surface area (Å²) in [6.45, 7) is 0. The lowest BCUT2D eigenvalue weighted by Crippen LogP contribution is -2.78. The predicted molar refractivity (Wildman–Crippen MR) is 134 cm³/mol. The third-order valence-corrected chi connectivity index (χ3v) is 7.69. The smallest absolute Gasteiger partial charge is 0.352 e. The molecule has 2 atom stereocenters. The Balaban J connectivity index is 1.55. The van der Waals surface area contributed by atoms with E-state index < -0.39 is 29.4 Å². The zero-order valence-electron chi connectivity index (χ0n) is 18.9. The molecule has 5 rings (SSSR count). The van der Waals surface area contributed by atoms with E-state index in [1.807, 2.05) is 30.3 Å². The number of nitrogens with one attached hydrogen (secondary N) is 1. The summed E-state index contributed by atoms with van der Waals surface area (Å²) in [5, 5.41) is 20.6. The van der Waals surface area contributed by atoms with Crippen molar-refractivity contribution in [3.63, 3.8) is 0 Å². The predicted octanol–water partition coefficient (Wildman–Crippen LogP) is 2.29. The van der Waals surface area contributed by atoms with Crippen molar-refractivity contribution in [2.24, 2.45) is 5.16 Å². The maximum Gasteiger partial charge on any atom is 0.352 e. The highest BCUT2D eigenvalue weighted by atomic mass is 32.1. The fourth-order valence-corrected chi connectivity index (χ4v) is 6.10. The van der Waals surface area contributed by atoms with E-state index in [1.165, 1.54) is 23.3 Å². The SMILES string of the molecule is CO/N=C/C(=O)NC1(c2csc(N)n2)C(=O)N2C(C(=O)O)=C(c3csc(-c4ccccc4)n3)CCC21. The van der Waals surface area contributed by atoms with E-state index in [-0.39, 0.29) is 16.5 Å². The first-order valence-electron chi connectivity index (χ1n) is 10.8. The molecule has 184 valence electrons. The van der Waals surface area contributed by atoms with Gasteiger partial charge in [0.2, 0.25) is 0 Å². The van der Waals surface area contributed by atoms with Gasteiger partial charge >= 0.3 is 5.97 Å². The molecule has 0 radical (unpaired) electrons. The first-order valence-corrected chi connectivity index (χ1v) is 12.5. The molecule has 3 aromatic rings. The normalized spacial score (nSPS) is 21.3. The molecule has 4 N–H and O–H groups in total. The number of carbonyl (C=O) groups excluding carboxylic acids is 2. The third-order valence-electron chi connectivity index (χ3n) is 6.12. The van der Waals surface area contributed by atoms with Crippen molar-refractivity contribution in [1.29, 1.82) is 0 Å². The number of nitrogens with two attached hydrogens (primary N) is 1. The minimum absolute atomic E-state index is 0.153. The van der Waals surface area contributed by atoms with Crippen LogP contribution in [0.1, 0.15) is 24.2 Å². The molecular formula is C23H20N6O5S2. The van der Waals surface area contributed by atoms with Crippen LogP contribution in [0.5, 0.6) is 0 Å². The van der Waals surface area contributed by atoms with E-state index in [0.29, 0.717) is 24.1 Å². The minimum Gasteiger partial charge on any atom is -0.477 e. The number of carboxylic acids is 1. The van der Waals surface area contributed by atoms with Crippen molar-refractivity contribution in [3.05, 3.63) is 58.2 Å². The number of nitrogen functional groups attached to an aromatic ring is 1. The van der Waals surface area contributed by atoms with E-state index >= 15 is 0 Å². The van der Waals surface area contributed by atoms with Crippen LogP contribution in [-0.2, 0) is 24.8 Å². The van der Waals surface area contributed by atoms with E-state index in [2.05, 4.69) is 25.3 Å². The largest absolute Gasteiger partial charge is 0.477 e. The third kappa shape index (κ3) is 3.72. The lowest BCUT2D eigenvalue weighted by Gasteiger charge is -2.57. The summed E-state index contributed by atoms with van der Waals surface area (Å²) < 4.78 is 0. The van der Waals surface area contributed by atoms with Gasteiger partial charge in [-0.3, -0.25) is 14.5 Å². The Morgan fingerprint density at radius 1 is 1.28 bits per heavy atom. The Bertz CT molecular complexity index is 1410. The van der Waals surface area contributed by atoms with E-state index in [1.54, 1.807) is 10.8 Å². The van der Waals surface area contributed by atoms with Crippen LogP contribution < -0.4 is 11.1 Å². The average molecular weight is 525 g/mol. The molecule has 2 amide bonds. The van der Waals surface area contributed by atoms with E-state index in [9.17, 15) is 19.5 Å². The van der Waals surface area contributed by atoms with Gasteiger partial charge in [-0.25, -0.2) is 14.8 Å². The minimum atomic E-state index is -1.57. The van der Waals surface area contributed by atoms with Crippen LogP contribution in [-0.4, -0.2) is 57.1 Å². The zero-order valence-corrected chi connectivity index (χ0v) is 20.5. The number of hydrogen-bond acceptors (Lipinski definition) is 10. The van der Waals surface area contributed by atoms with Crippen LogP contribution in [0.25, 0.3) is 16.1 Å². The first kappa shape index (κ1) is 23.6. The van der Waals surface area contributed by atoms with Gasteiger partial charge < -0.3 is 21.0 Å². The molecule has 0 spiro atoms. The Morgan fingerprint density at radius 2 is 2.06 bits per heavy atom. The van der Waals surface area contributed by atoms with Crippen LogP contribution in [0.4, 0.5) is 5.13 Å². The molecule has 0 bridgehead atoms. The van der Waals surface area contributed by atoms with Gasteiger partial charge in [0.15, 0.2) is 10.7 Å². The Kier molecular flexibility index (Phi) is 6.02. The number of benzene rings is 1. The summed E-state index contributed by atoms with van der Waals surface area (Å²) in [7, 11) is 1.28. The maximum atomic E-state index is 13.7. The fraction of sp³-hybridized carbons (Fsp3) is 0.217. The quantitative estimate of drug-likeness (QED) is 0.241. The molecule has 2 aromatic heterocycles. The molecule has 2 aliphatic heterocycles. The molecule has 0 aliphatic carbocycles. The van der Waals surface area contributed by atoms with Gasteiger partial charge in [-0.05, 0) is 12.8 Å². The van der Waals surface area contributed by atoms with Crippen LogP contribution in [0, 0.1) is 0 Å². The zero-order chi connectivity index (χ0) is 25.4. The molecule has 11 nitrogen and oxygen atoms in total. The van der Waals surface area contributed by atoms with E-state index in [4.69, 9.17) is 5.73 Å². The van der Waals surface area contributed by atoms with E-state index in [0.717, 1.165) is 28.1 Å². The second-order valence-corrected chi connectivity index (χ2v) is 9.80. The second-order valence-electron chi connectivity index (χ2n) is 8.05. The number of rotatable bonds is 7. The number of oxime groups is 1. The second kappa shape index (κ2) is 9.17. The number of aromatic nitrogens is 2. The summed E-state index contributed by atoms with van der Waals surface area (Å²) in [5.41, 5.74) is 6.23. The highest BCUT2D eigenvalue weighted by Gasteiger charge is 2.66. The molecule has 1 fully saturated rings. The standard InChI is InChI=1S/C23H20N6O5S2/c1-34-25-9-17(30)28-23(15-11-36-22(24)27-15)16-8-7-13(18(20(31)32)29(16)21(23)33)14-10-35-19(26-14)12-5-3-2-4-6-12/h2-6,9-11,16H,7-8H2,1H3,(H2,24,27)(H,28,30)(H,31,32)/b25-9+. The average Bonchev–Trinajstić information content (AvgIpc) is 3.55. The molecular weight excluding hydrogens is 504 g/mol. The lowest BCUT2D eigenvalue weighted by atomic mass is 9.70. The number of aliphatic carboxylic acids is 1. The van der Waals surface area contributed by atoms with Gasteiger partial charge in [-0.15, -0.1) is 22.7 Å². The Morgan fingerprint density at radius 3 is 2.72 bits per heavy atom. The summed E-state index contributed by atoms with van der Waals surface area (Å²) in [6, 6.07) is 8.87. The van der Waals surface area contributed by atoms with Crippen LogP contribution in [0.2, 0.25) is 0 Å². The van der Waals surface area contributed by atoms with Gasteiger partial charge in [0.05, 0.1) is 17.4 Å². The summed E-state index contributed by atoms with van der Waals surface area (Å²) in [4.78, 5) is 53.4. The van der Waals surface area contributed by atoms with Gasteiger partial charge in [0.25, 0.3) is 11.8 Å². The molecule has 0 saturated carbocycles. The summed E-state index contributed by atoms with van der Waals surface area (Å²) in [6.07, 6.45) is 1.60. The van der Waals surface area contributed by atoms with Crippen LogP contribution >= 0.6 is 22.7 Å². The van der Waals surface area contributed by atoms with Gasteiger partial charge in [-0.1, -0.05) is 35.5 Å². The number of thiazole rings is 2. The Hall–Kier alpha value is -4.10. The maximum absolute atomic E-state index is 13.7. The van der Waals surface area contributed by atoms with Crippen LogP contribution in [0.15, 0.2) is 51.9 Å². The topological polar surface area (TPSA) is 160 Å². The molecule has 2 unspecified atom stereocenters. The number of amides is 2. The summed E-state index contributed by atoms with van der Waals surface area (Å²) >= 11 is 2.52. The fourth-order valence-electron chi connectivity index (χ4n) is 4.63. The van der Waals surface area contributed by atoms with Gasteiger partial charge in [0.1, 0.15) is 24.0 Å².